The van der Waals surface area contributed by atoms with Crippen molar-refractivity contribution in [3.63, 3.8) is 0 Å². The molecule has 0 amide bonds. The molecule has 7 heteroatoms. The van der Waals surface area contributed by atoms with Gasteiger partial charge in [0.05, 0.1) is 16.1 Å². The van der Waals surface area contributed by atoms with Crippen LogP contribution in [-0.2, 0) is 6.18 Å². The van der Waals surface area contributed by atoms with Gasteiger partial charge in [0.1, 0.15) is 5.82 Å². The second-order valence-corrected chi connectivity index (χ2v) is 6.03. The molecule has 4 aromatic rings. The molecule has 2 aromatic carbocycles. The number of benzene rings is 2. The molecule has 0 saturated heterocycles. The summed E-state index contributed by atoms with van der Waals surface area (Å²) in [5, 5.41) is 4.67. The van der Waals surface area contributed by atoms with Gasteiger partial charge in [-0.1, -0.05) is 17.7 Å². The number of rotatable bonds is 2. The van der Waals surface area contributed by atoms with Crippen LogP contribution in [0, 0.1) is 0 Å². The van der Waals surface area contributed by atoms with E-state index < -0.39 is 11.7 Å². The second-order valence-electron chi connectivity index (χ2n) is 5.62. The van der Waals surface area contributed by atoms with Crippen LogP contribution in [0.15, 0.2) is 54.7 Å². The highest BCUT2D eigenvalue weighted by molar-refractivity contribution is 6.35. The molecule has 0 radical (unpaired) electrons. The molecule has 0 aliphatic heterocycles. The topological polar surface area (TPSA) is 40.7 Å². The van der Waals surface area contributed by atoms with E-state index in [1.54, 1.807) is 12.1 Å². The van der Waals surface area contributed by atoms with E-state index in [9.17, 15) is 13.2 Å². The first kappa shape index (κ1) is 15.8. The predicted octanol–water partition coefficient (Wildman–Crippen LogP) is 6.13. The molecule has 0 bridgehead atoms. The Bertz CT molecular complexity index is 1090. The van der Waals surface area contributed by atoms with Gasteiger partial charge in [0.15, 0.2) is 0 Å². The number of aromatic amines is 1. The van der Waals surface area contributed by atoms with E-state index in [2.05, 4.69) is 15.3 Å². The lowest BCUT2D eigenvalue weighted by Crippen LogP contribution is -2.05. The molecule has 0 aliphatic carbocycles. The van der Waals surface area contributed by atoms with Crippen LogP contribution in [0.5, 0.6) is 0 Å². The van der Waals surface area contributed by atoms with Crippen LogP contribution < -0.4 is 5.32 Å². The molecular weight excluding hydrogens is 351 g/mol. The van der Waals surface area contributed by atoms with E-state index in [0.29, 0.717) is 11.2 Å². The molecular formula is C18H11ClF3N3. The lowest BCUT2D eigenvalue weighted by molar-refractivity contribution is -0.137. The summed E-state index contributed by atoms with van der Waals surface area (Å²) >= 11 is 5.97. The lowest BCUT2D eigenvalue weighted by atomic mass is 10.1. The minimum absolute atomic E-state index is 0.0247. The summed E-state index contributed by atoms with van der Waals surface area (Å²) in [7, 11) is 0. The first-order chi connectivity index (χ1) is 11.9. The van der Waals surface area contributed by atoms with Crippen LogP contribution in [0.3, 0.4) is 0 Å². The number of hydrogen-bond acceptors (Lipinski definition) is 2. The zero-order valence-electron chi connectivity index (χ0n) is 12.7. The zero-order chi connectivity index (χ0) is 17.6. The van der Waals surface area contributed by atoms with E-state index >= 15 is 0 Å². The summed E-state index contributed by atoms with van der Waals surface area (Å²) in [6.45, 7) is 0. The molecule has 3 nitrogen and oxygen atoms in total. The maximum Gasteiger partial charge on any atom is 0.416 e. The monoisotopic (exact) mass is 361 g/mol. The van der Waals surface area contributed by atoms with Crippen molar-refractivity contribution in [3.05, 3.63) is 65.3 Å². The largest absolute Gasteiger partial charge is 0.416 e. The highest BCUT2D eigenvalue weighted by atomic mass is 35.5. The number of alkyl halides is 3. The molecule has 4 rings (SSSR count). The van der Waals surface area contributed by atoms with Crippen molar-refractivity contribution in [1.82, 2.24) is 9.97 Å². The van der Waals surface area contributed by atoms with Crippen molar-refractivity contribution in [3.8, 4) is 0 Å². The summed E-state index contributed by atoms with van der Waals surface area (Å²) in [6, 6.07) is 12.9. The van der Waals surface area contributed by atoms with Crippen LogP contribution >= 0.6 is 11.6 Å². The maximum atomic E-state index is 13.0. The number of nitrogens with one attached hydrogen (secondary N) is 2. The number of H-pyrrole nitrogens is 1. The van der Waals surface area contributed by atoms with Gasteiger partial charge in [0.25, 0.3) is 0 Å². The Labute approximate surface area is 145 Å². The van der Waals surface area contributed by atoms with Crippen LogP contribution in [0.4, 0.5) is 24.7 Å². The molecule has 2 aromatic heterocycles. The molecule has 0 atom stereocenters. The number of nitrogens with zero attached hydrogens (tertiary/aromatic N) is 1. The quantitative estimate of drug-likeness (QED) is 0.450. The fourth-order valence-electron chi connectivity index (χ4n) is 2.70. The Morgan fingerprint density at radius 2 is 1.84 bits per heavy atom. The minimum Gasteiger partial charge on any atom is -0.361 e. The van der Waals surface area contributed by atoms with Crippen molar-refractivity contribution in [2.45, 2.75) is 6.18 Å². The summed E-state index contributed by atoms with van der Waals surface area (Å²) in [5.74, 6) is 0.439. The third kappa shape index (κ3) is 3.00. The third-order valence-corrected chi connectivity index (χ3v) is 4.22. The Morgan fingerprint density at radius 1 is 1.00 bits per heavy atom. The van der Waals surface area contributed by atoms with Gasteiger partial charge in [-0.25, -0.2) is 4.98 Å². The summed E-state index contributed by atoms with van der Waals surface area (Å²) in [5.41, 5.74) is 1.10. The Morgan fingerprint density at radius 3 is 2.64 bits per heavy atom. The first-order valence-electron chi connectivity index (χ1n) is 7.42. The Hall–Kier alpha value is -2.73. The van der Waals surface area contributed by atoms with E-state index in [1.165, 1.54) is 0 Å². The minimum atomic E-state index is -4.47. The number of anilines is 2. The molecule has 0 spiro atoms. The summed E-state index contributed by atoms with van der Waals surface area (Å²) < 4.78 is 38.9. The van der Waals surface area contributed by atoms with Gasteiger partial charge in [-0.15, -0.1) is 0 Å². The summed E-state index contributed by atoms with van der Waals surface area (Å²) in [6.07, 6.45) is -2.63. The van der Waals surface area contributed by atoms with Crippen molar-refractivity contribution >= 4 is 44.9 Å². The van der Waals surface area contributed by atoms with E-state index in [-0.39, 0.29) is 10.5 Å². The van der Waals surface area contributed by atoms with Gasteiger partial charge >= 0.3 is 6.18 Å². The van der Waals surface area contributed by atoms with Crippen LogP contribution in [0.25, 0.3) is 21.8 Å². The second kappa shape index (κ2) is 5.67. The molecule has 0 unspecified atom stereocenters. The zero-order valence-corrected chi connectivity index (χ0v) is 13.4. The number of hydrogen-bond donors (Lipinski definition) is 2. The van der Waals surface area contributed by atoms with E-state index in [1.807, 2.05) is 30.5 Å². The molecule has 0 fully saturated rings. The van der Waals surface area contributed by atoms with E-state index in [4.69, 9.17) is 11.6 Å². The predicted molar refractivity (Wildman–Crippen MR) is 93.3 cm³/mol. The SMILES string of the molecule is FC(F)(F)c1cc(Cl)c2ccc(Nc3ccc4cc[nH]c4c3)nc2c1. The fourth-order valence-corrected chi connectivity index (χ4v) is 2.97. The van der Waals surface area contributed by atoms with E-state index in [0.717, 1.165) is 28.7 Å². The van der Waals surface area contributed by atoms with Crippen molar-refractivity contribution in [1.29, 1.82) is 0 Å². The average Bonchev–Trinajstić information content (AvgIpc) is 3.01. The van der Waals surface area contributed by atoms with Gasteiger partial charge in [-0.05, 0) is 47.9 Å². The normalized spacial score (nSPS) is 12.0. The standard InChI is InChI=1S/C18H11ClF3N3/c19-14-7-11(18(20,21)22)8-16-13(14)3-4-17(25-16)24-12-2-1-10-5-6-23-15(10)9-12/h1-9,23H,(H,24,25). The van der Waals surface area contributed by atoms with Crippen LogP contribution in [-0.4, -0.2) is 9.97 Å². The highest BCUT2D eigenvalue weighted by Crippen LogP contribution is 2.35. The van der Waals surface area contributed by atoms with Crippen LogP contribution in [0.1, 0.15) is 5.56 Å². The average molecular weight is 362 g/mol. The molecule has 0 aliphatic rings. The van der Waals surface area contributed by atoms with Gasteiger partial charge in [-0.2, -0.15) is 13.2 Å². The third-order valence-electron chi connectivity index (χ3n) is 3.91. The van der Waals surface area contributed by atoms with Crippen molar-refractivity contribution < 1.29 is 13.2 Å². The number of pyridine rings is 1. The number of aromatic nitrogens is 2. The van der Waals surface area contributed by atoms with Gasteiger partial charge in [-0.3, -0.25) is 0 Å². The molecule has 2 N–H and O–H groups in total. The highest BCUT2D eigenvalue weighted by Gasteiger charge is 2.31. The number of fused-ring (bicyclic) bond motifs is 2. The molecule has 126 valence electrons. The molecule has 25 heavy (non-hydrogen) atoms. The number of halogens is 4. The van der Waals surface area contributed by atoms with Gasteiger partial charge in [0.2, 0.25) is 0 Å². The Balaban J connectivity index is 1.74. The van der Waals surface area contributed by atoms with Crippen molar-refractivity contribution in [2.75, 3.05) is 5.32 Å². The van der Waals surface area contributed by atoms with Gasteiger partial charge in [0, 0.05) is 22.8 Å². The molecule has 2 heterocycles. The van der Waals surface area contributed by atoms with Gasteiger partial charge < -0.3 is 10.3 Å². The Kier molecular flexibility index (Phi) is 3.58. The van der Waals surface area contributed by atoms with Crippen molar-refractivity contribution in [2.24, 2.45) is 0 Å². The first-order valence-corrected chi connectivity index (χ1v) is 7.80. The van der Waals surface area contributed by atoms with Crippen LogP contribution in [0.2, 0.25) is 5.02 Å². The lowest BCUT2D eigenvalue weighted by Gasteiger charge is -2.11. The fraction of sp³-hybridized carbons (Fsp3) is 0.0556. The smallest absolute Gasteiger partial charge is 0.361 e. The molecule has 0 saturated carbocycles. The summed E-state index contributed by atoms with van der Waals surface area (Å²) in [4.78, 5) is 7.37. The maximum absolute atomic E-state index is 13.0.